The molecule has 2 aromatic carbocycles. The van der Waals surface area contributed by atoms with Crippen LogP contribution in [0.3, 0.4) is 0 Å². The number of ether oxygens (including phenoxy) is 1. The summed E-state index contributed by atoms with van der Waals surface area (Å²) in [4.78, 5) is 16.3. The number of hydrogen-bond acceptors (Lipinski definition) is 3. The van der Waals surface area contributed by atoms with Crippen LogP contribution >= 0.6 is 0 Å². The zero-order valence-corrected chi connectivity index (χ0v) is 16.2. The third-order valence-electron chi connectivity index (χ3n) is 4.62. The number of piperidine rings is 1. The van der Waals surface area contributed by atoms with Crippen molar-refractivity contribution in [3.8, 4) is 0 Å². The molecule has 1 saturated heterocycles. The van der Waals surface area contributed by atoms with Gasteiger partial charge < -0.3 is 14.5 Å². The number of carbonyl (C=O) groups is 1. The molecule has 0 bridgehead atoms. The van der Waals surface area contributed by atoms with Gasteiger partial charge in [0.1, 0.15) is 11.4 Å². The number of para-hydroxylation sites is 1. The summed E-state index contributed by atoms with van der Waals surface area (Å²) in [6.45, 7) is 6.92. The number of halogens is 1. The van der Waals surface area contributed by atoms with Gasteiger partial charge in [-0.3, -0.25) is 0 Å². The van der Waals surface area contributed by atoms with E-state index in [0.717, 1.165) is 24.2 Å². The number of benzene rings is 2. The molecule has 0 N–H and O–H groups in total. The second kappa shape index (κ2) is 7.99. The highest BCUT2D eigenvalue weighted by Crippen LogP contribution is 2.32. The van der Waals surface area contributed by atoms with Crippen LogP contribution in [0.5, 0.6) is 0 Å². The smallest absolute Gasteiger partial charge is 0.410 e. The Morgan fingerprint density at radius 1 is 1.00 bits per heavy atom. The lowest BCUT2D eigenvalue weighted by molar-refractivity contribution is 0.0206. The molecule has 144 valence electrons. The number of carbonyl (C=O) groups excluding carboxylic acids is 1. The summed E-state index contributed by atoms with van der Waals surface area (Å²) in [6, 6.07) is 16.9. The summed E-state index contributed by atoms with van der Waals surface area (Å²) < 4.78 is 18.9. The van der Waals surface area contributed by atoms with Crippen LogP contribution in [-0.2, 0) is 4.74 Å². The fourth-order valence-electron chi connectivity index (χ4n) is 3.39. The van der Waals surface area contributed by atoms with Crippen LogP contribution in [-0.4, -0.2) is 35.7 Å². The van der Waals surface area contributed by atoms with Crippen molar-refractivity contribution in [3.63, 3.8) is 0 Å². The third kappa shape index (κ3) is 5.00. The summed E-state index contributed by atoms with van der Waals surface area (Å²) in [5.41, 5.74) is 1.54. The topological polar surface area (TPSA) is 32.8 Å². The molecular formula is C22H27FN2O2. The molecule has 4 nitrogen and oxygen atoms in total. The van der Waals surface area contributed by atoms with Crippen LogP contribution in [0.1, 0.15) is 33.6 Å². The highest BCUT2D eigenvalue weighted by Gasteiger charge is 2.30. The van der Waals surface area contributed by atoms with Gasteiger partial charge in [0.2, 0.25) is 0 Å². The minimum absolute atomic E-state index is 0.233. The summed E-state index contributed by atoms with van der Waals surface area (Å²) in [5, 5.41) is 0. The van der Waals surface area contributed by atoms with Gasteiger partial charge in [0.15, 0.2) is 0 Å². The van der Waals surface area contributed by atoms with E-state index in [1.807, 2.05) is 51.1 Å². The molecule has 0 radical (unpaired) electrons. The summed E-state index contributed by atoms with van der Waals surface area (Å²) in [7, 11) is 0. The zero-order valence-electron chi connectivity index (χ0n) is 16.2. The molecule has 1 aliphatic rings. The molecule has 0 saturated carbocycles. The average molecular weight is 370 g/mol. The number of likely N-dealkylation sites (tertiary alicyclic amines) is 1. The molecule has 1 heterocycles. The Kier molecular flexibility index (Phi) is 5.68. The van der Waals surface area contributed by atoms with E-state index in [9.17, 15) is 9.18 Å². The minimum Gasteiger partial charge on any atom is -0.444 e. The third-order valence-corrected chi connectivity index (χ3v) is 4.62. The van der Waals surface area contributed by atoms with E-state index in [4.69, 9.17) is 4.74 Å². The predicted molar refractivity (Wildman–Crippen MR) is 106 cm³/mol. The average Bonchev–Trinajstić information content (AvgIpc) is 2.64. The molecule has 27 heavy (non-hydrogen) atoms. The number of anilines is 2. The molecular weight excluding hydrogens is 343 g/mol. The quantitative estimate of drug-likeness (QED) is 0.729. The van der Waals surface area contributed by atoms with E-state index in [2.05, 4.69) is 17.0 Å². The van der Waals surface area contributed by atoms with E-state index in [1.54, 1.807) is 4.90 Å². The van der Waals surface area contributed by atoms with Crippen molar-refractivity contribution >= 4 is 17.5 Å². The number of hydrogen-bond donors (Lipinski definition) is 0. The van der Waals surface area contributed by atoms with Gasteiger partial charge in [-0.15, -0.1) is 0 Å². The van der Waals surface area contributed by atoms with Gasteiger partial charge in [-0.25, -0.2) is 9.18 Å². The van der Waals surface area contributed by atoms with Crippen molar-refractivity contribution in [2.24, 2.45) is 0 Å². The Morgan fingerprint density at radius 2 is 1.56 bits per heavy atom. The van der Waals surface area contributed by atoms with Crippen LogP contribution in [0.15, 0.2) is 54.6 Å². The summed E-state index contributed by atoms with van der Waals surface area (Å²) in [5.74, 6) is -0.244. The molecule has 0 aromatic heterocycles. The predicted octanol–water partition coefficient (Wildman–Crippen LogP) is 5.36. The highest BCUT2D eigenvalue weighted by molar-refractivity contribution is 5.69. The van der Waals surface area contributed by atoms with E-state index in [-0.39, 0.29) is 18.0 Å². The normalized spacial score (nSPS) is 15.5. The summed E-state index contributed by atoms with van der Waals surface area (Å²) >= 11 is 0. The number of amides is 1. The molecule has 1 aliphatic heterocycles. The highest BCUT2D eigenvalue weighted by atomic mass is 19.1. The first-order valence-electron chi connectivity index (χ1n) is 9.41. The number of nitrogens with zero attached hydrogens (tertiary/aromatic N) is 2. The first-order valence-corrected chi connectivity index (χ1v) is 9.41. The standard InChI is InChI=1S/C22H27FN2O2/c1-22(2,3)27-21(26)24-15-13-20(14-16-24)25(18-7-5-4-6-8-18)19-11-9-17(23)10-12-19/h4-12,20H,13-16H2,1-3H3. The van der Waals surface area contributed by atoms with E-state index in [1.165, 1.54) is 12.1 Å². The van der Waals surface area contributed by atoms with Gasteiger partial charge >= 0.3 is 6.09 Å². The monoisotopic (exact) mass is 370 g/mol. The Balaban J connectivity index is 1.75. The van der Waals surface area contributed by atoms with Crippen LogP contribution < -0.4 is 4.90 Å². The number of rotatable bonds is 3. The molecule has 0 aliphatic carbocycles. The van der Waals surface area contributed by atoms with Crippen LogP contribution in [0.4, 0.5) is 20.6 Å². The van der Waals surface area contributed by atoms with Crippen LogP contribution in [0, 0.1) is 5.82 Å². The van der Waals surface area contributed by atoms with Gasteiger partial charge in [-0.05, 0) is 70.0 Å². The van der Waals surface area contributed by atoms with E-state index in [0.29, 0.717) is 13.1 Å². The van der Waals surface area contributed by atoms with Gasteiger partial charge in [0, 0.05) is 30.5 Å². The van der Waals surface area contributed by atoms with Crippen LogP contribution in [0.2, 0.25) is 0 Å². The fraction of sp³-hybridized carbons (Fsp3) is 0.409. The second-order valence-electron chi connectivity index (χ2n) is 7.88. The van der Waals surface area contributed by atoms with Gasteiger partial charge in [-0.1, -0.05) is 18.2 Å². The minimum atomic E-state index is -0.488. The fourth-order valence-corrected chi connectivity index (χ4v) is 3.39. The maximum atomic E-state index is 13.4. The largest absolute Gasteiger partial charge is 0.444 e. The van der Waals surface area contributed by atoms with Crippen molar-refractivity contribution < 1.29 is 13.9 Å². The van der Waals surface area contributed by atoms with Gasteiger partial charge in [-0.2, -0.15) is 0 Å². The Morgan fingerprint density at radius 3 is 2.11 bits per heavy atom. The van der Waals surface area contributed by atoms with Crippen molar-refractivity contribution in [3.05, 3.63) is 60.4 Å². The first-order chi connectivity index (χ1) is 12.8. The maximum absolute atomic E-state index is 13.4. The molecule has 3 rings (SSSR count). The Bertz CT molecular complexity index is 748. The molecule has 0 atom stereocenters. The molecule has 0 unspecified atom stereocenters. The molecule has 0 spiro atoms. The first kappa shape index (κ1) is 19.2. The van der Waals surface area contributed by atoms with E-state index < -0.39 is 5.60 Å². The van der Waals surface area contributed by atoms with Crippen molar-refractivity contribution in [2.75, 3.05) is 18.0 Å². The molecule has 5 heteroatoms. The lowest BCUT2D eigenvalue weighted by Gasteiger charge is -2.40. The van der Waals surface area contributed by atoms with E-state index >= 15 is 0 Å². The zero-order chi connectivity index (χ0) is 19.4. The lowest BCUT2D eigenvalue weighted by atomic mass is 10.0. The second-order valence-corrected chi connectivity index (χ2v) is 7.88. The van der Waals surface area contributed by atoms with Gasteiger partial charge in [0.05, 0.1) is 0 Å². The Labute approximate surface area is 160 Å². The summed E-state index contributed by atoms with van der Waals surface area (Å²) in [6.07, 6.45) is 1.39. The van der Waals surface area contributed by atoms with Crippen LogP contribution in [0.25, 0.3) is 0 Å². The Hall–Kier alpha value is -2.56. The SMILES string of the molecule is CC(C)(C)OC(=O)N1CCC(N(c2ccccc2)c2ccc(F)cc2)CC1. The van der Waals surface area contributed by atoms with Crippen molar-refractivity contribution in [2.45, 2.75) is 45.3 Å². The molecule has 2 aromatic rings. The molecule has 1 fully saturated rings. The van der Waals surface area contributed by atoms with Crippen molar-refractivity contribution in [1.29, 1.82) is 0 Å². The lowest BCUT2D eigenvalue weighted by Crippen LogP contribution is -2.46. The van der Waals surface area contributed by atoms with Gasteiger partial charge in [0.25, 0.3) is 0 Å². The van der Waals surface area contributed by atoms with Crippen molar-refractivity contribution in [1.82, 2.24) is 4.90 Å². The maximum Gasteiger partial charge on any atom is 0.410 e. The molecule has 1 amide bonds.